The molecule has 0 aromatic rings. The molecule has 0 heterocycles. The van der Waals surface area contributed by atoms with Crippen LogP contribution < -0.4 is 0 Å². The lowest BCUT2D eigenvalue weighted by Gasteiger charge is -2.03. The predicted molar refractivity (Wildman–Crippen MR) is 37.0 cm³/mol. The van der Waals surface area contributed by atoms with Crippen LogP contribution in [0, 0.1) is 17.8 Å². The van der Waals surface area contributed by atoms with Gasteiger partial charge >= 0.3 is 0 Å². The van der Waals surface area contributed by atoms with Crippen molar-refractivity contribution in [2.24, 2.45) is 5.41 Å². The highest BCUT2D eigenvalue weighted by Crippen LogP contribution is 2.47. The molecule has 1 fully saturated rings. The first-order valence-corrected chi connectivity index (χ1v) is 3.30. The van der Waals surface area contributed by atoms with E-state index in [4.69, 9.17) is 11.2 Å². The zero-order chi connectivity index (χ0) is 6.74. The molecule has 1 nitrogen and oxygen atoms in total. The normalized spacial score (nSPS) is 20.9. The van der Waals surface area contributed by atoms with Crippen LogP contribution in [0.2, 0.25) is 0 Å². The summed E-state index contributed by atoms with van der Waals surface area (Å²) in [5, 5.41) is 0. The number of rotatable bonds is 3. The van der Waals surface area contributed by atoms with Crippen LogP contribution in [0.15, 0.2) is 0 Å². The Labute approximate surface area is 56.4 Å². The smallest absolute Gasteiger partial charge is 0.0476 e. The Bertz CT molecular complexity index is 128. The molecular formula is C8H12O. The first-order valence-electron chi connectivity index (χ1n) is 3.30. The minimum atomic E-state index is 0.246. The summed E-state index contributed by atoms with van der Waals surface area (Å²) in [6.07, 6.45) is 8.75. The lowest BCUT2D eigenvalue weighted by atomic mass is 10.1. The molecule has 0 aromatic heterocycles. The Morgan fingerprint density at radius 2 is 2.33 bits per heavy atom. The van der Waals surface area contributed by atoms with Gasteiger partial charge in [0.25, 0.3) is 0 Å². The molecule has 0 bridgehead atoms. The molecular weight excluding hydrogens is 112 g/mol. The summed E-state index contributed by atoms with van der Waals surface area (Å²) in [7, 11) is 1.71. The number of terminal acetylenes is 1. The van der Waals surface area contributed by atoms with Gasteiger partial charge in [0.15, 0.2) is 0 Å². The van der Waals surface area contributed by atoms with Crippen molar-refractivity contribution in [2.45, 2.75) is 19.3 Å². The summed E-state index contributed by atoms with van der Waals surface area (Å²) in [6.45, 7) is 0.810. The van der Waals surface area contributed by atoms with Gasteiger partial charge in [-0.25, -0.2) is 0 Å². The number of ether oxygens (including phenoxy) is 1. The Kier molecular flexibility index (Phi) is 1.78. The second kappa shape index (κ2) is 2.41. The van der Waals surface area contributed by atoms with E-state index in [9.17, 15) is 0 Å². The zero-order valence-corrected chi connectivity index (χ0v) is 5.81. The molecule has 0 aliphatic heterocycles. The van der Waals surface area contributed by atoms with E-state index in [-0.39, 0.29) is 5.41 Å². The Balaban J connectivity index is 2.20. The molecule has 0 radical (unpaired) electrons. The second-order valence-corrected chi connectivity index (χ2v) is 2.67. The molecule has 1 saturated carbocycles. The van der Waals surface area contributed by atoms with Gasteiger partial charge in [0.05, 0.1) is 0 Å². The van der Waals surface area contributed by atoms with Gasteiger partial charge < -0.3 is 4.74 Å². The van der Waals surface area contributed by atoms with Crippen molar-refractivity contribution in [1.82, 2.24) is 0 Å². The van der Waals surface area contributed by atoms with Crippen molar-refractivity contribution in [1.29, 1.82) is 0 Å². The average molecular weight is 124 g/mol. The zero-order valence-electron chi connectivity index (χ0n) is 5.81. The molecule has 0 N–H and O–H groups in total. The van der Waals surface area contributed by atoms with Crippen molar-refractivity contribution in [2.75, 3.05) is 13.7 Å². The topological polar surface area (TPSA) is 9.23 Å². The highest BCUT2D eigenvalue weighted by atomic mass is 16.5. The van der Waals surface area contributed by atoms with E-state index in [0.717, 1.165) is 13.0 Å². The van der Waals surface area contributed by atoms with E-state index in [1.807, 2.05) is 0 Å². The number of hydrogen-bond acceptors (Lipinski definition) is 1. The van der Waals surface area contributed by atoms with Crippen LogP contribution in [-0.2, 0) is 4.74 Å². The van der Waals surface area contributed by atoms with Gasteiger partial charge in [0, 0.05) is 19.1 Å². The van der Waals surface area contributed by atoms with Crippen molar-refractivity contribution < 1.29 is 4.74 Å². The summed E-state index contributed by atoms with van der Waals surface area (Å²) in [6, 6.07) is 0. The molecule has 1 rings (SSSR count). The molecule has 0 aromatic carbocycles. The molecule has 50 valence electrons. The third-order valence-electron chi connectivity index (χ3n) is 1.94. The number of methoxy groups -OCH3 is 1. The van der Waals surface area contributed by atoms with Crippen molar-refractivity contribution >= 4 is 0 Å². The minimum Gasteiger partial charge on any atom is -0.385 e. The van der Waals surface area contributed by atoms with Crippen LogP contribution in [0.25, 0.3) is 0 Å². The van der Waals surface area contributed by atoms with Gasteiger partial charge in [-0.15, -0.1) is 6.42 Å². The summed E-state index contributed by atoms with van der Waals surface area (Å²) in [4.78, 5) is 0. The Hall–Kier alpha value is -0.480. The highest BCUT2D eigenvalue weighted by Gasteiger charge is 2.39. The van der Waals surface area contributed by atoms with Gasteiger partial charge in [-0.2, -0.15) is 0 Å². The fourth-order valence-electron chi connectivity index (χ4n) is 0.915. The van der Waals surface area contributed by atoms with Crippen LogP contribution in [0.3, 0.4) is 0 Å². The average Bonchev–Trinajstić information content (AvgIpc) is 2.65. The maximum Gasteiger partial charge on any atom is 0.0476 e. The monoisotopic (exact) mass is 124 g/mol. The van der Waals surface area contributed by atoms with E-state index in [1.165, 1.54) is 12.8 Å². The molecule has 0 amide bonds. The van der Waals surface area contributed by atoms with E-state index in [0.29, 0.717) is 0 Å². The molecule has 0 saturated heterocycles. The molecule has 0 atom stereocenters. The van der Waals surface area contributed by atoms with Gasteiger partial charge in [-0.3, -0.25) is 0 Å². The summed E-state index contributed by atoms with van der Waals surface area (Å²) in [5.41, 5.74) is 0.246. The lowest BCUT2D eigenvalue weighted by Crippen LogP contribution is -2.00. The Morgan fingerprint density at radius 1 is 1.67 bits per heavy atom. The maximum atomic E-state index is 5.30. The van der Waals surface area contributed by atoms with E-state index < -0.39 is 0 Å². The highest BCUT2D eigenvalue weighted by molar-refractivity contribution is 5.14. The van der Waals surface area contributed by atoms with Crippen LogP contribution in [0.4, 0.5) is 0 Å². The van der Waals surface area contributed by atoms with Crippen molar-refractivity contribution in [3.05, 3.63) is 0 Å². The van der Waals surface area contributed by atoms with Crippen molar-refractivity contribution in [3.8, 4) is 12.3 Å². The van der Waals surface area contributed by atoms with Gasteiger partial charge in [-0.05, 0) is 19.3 Å². The molecule has 1 heteroatoms. The predicted octanol–water partition coefficient (Wildman–Crippen LogP) is 1.44. The standard InChI is InChI=1S/C8H12O/c1-3-8(4-5-8)6-7-9-2/h1H,4-7H2,2H3. The fraction of sp³-hybridized carbons (Fsp3) is 0.750. The maximum absolute atomic E-state index is 5.30. The van der Waals surface area contributed by atoms with E-state index in [2.05, 4.69) is 5.92 Å². The molecule has 0 spiro atoms. The second-order valence-electron chi connectivity index (χ2n) is 2.67. The summed E-state index contributed by atoms with van der Waals surface area (Å²) < 4.78 is 4.92. The largest absolute Gasteiger partial charge is 0.385 e. The number of hydrogen-bond donors (Lipinski definition) is 0. The first kappa shape index (κ1) is 6.64. The van der Waals surface area contributed by atoms with Gasteiger partial charge in [-0.1, -0.05) is 5.92 Å². The quantitative estimate of drug-likeness (QED) is 0.517. The van der Waals surface area contributed by atoms with Gasteiger partial charge in [0.1, 0.15) is 0 Å². The van der Waals surface area contributed by atoms with Crippen LogP contribution in [-0.4, -0.2) is 13.7 Å². The molecule has 1 aliphatic rings. The fourth-order valence-corrected chi connectivity index (χ4v) is 0.915. The van der Waals surface area contributed by atoms with Crippen molar-refractivity contribution in [3.63, 3.8) is 0 Å². The molecule has 0 unspecified atom stereocenters. The summed E-state index contributed by atoms with van der Waals surface area (Å²) >= 11 is 0. The minimum absolute atomic E-state index is 0.246. The van der Waals surface area contributed by atoms with Gasteiger partial charge in [0.2, 0.25) is 0 Å². The molecule has 9 heavy (non-hydrogen) atoms. The third-order valence-corrected chi connectivity index (χ3v) is 1.94. The van der Waals surface area contributed by atoms with Crippen LogP contribution >= 0.6 is 0 Å². The summed E-state index contributed by atoms with van der Waals surface area (Å²) in [5.74, 6) is 2.81. The SMILES string of the molecule is C#CC1(CCOC)CC1. The van der Waals surface area contributed by atoms with E-state index in [1.54, 1.807) is 7.11 Å². The van der Waals surface area contributed by atoms with Crippen LogP contribution in [0.5, 0.6) is 0 Å². The Morgan fingerprint density at radius 3 is 2.67 bits per heavy atom. The van der Waals surface area contributed by atoms with E-state index >= 15 is 0 Å². The third kappa shape index (κ3) is 1.46. The first-order chi connectivity index (χ1) is 4.33. The molecule has 1 aliphatic carbocycles. The lowest BCUT2D eigenvalue weighted by molar-refractivity contribution is 0.182. The van der Waals surface area contributed by atoms with Crippen LogP contribution in [0.1, 0.15) is 19.3 Å².